The van der Waals surface area contributed by atoms with E-state index in [2.05, 4.69) is 53.7 Å². The van der Waals surface area contributed by atoms with Crippen LogP contribution >= 0.6 is 0 Å². The highest BCUT2D eigenvalue weighted by Crippen LogP contribution is 2.38. The van der Waals surface area contributed by atoms with Crippen molar-refractivity contribution in [3.05, 3.63) is 34.9 Å². The molecule has 21 heavy (non-hydrogen) atoms. The average molecular weight is 289 g/mol. The fourth-order valence-corrected chi connectivity index (χ4v) is 2.16. The summed E-state index contributed by atoms with van der Waals surface area (Å²) < 4.78 is 5.60. The van der Waals surface area contributed by atoms with Crippen LogP contribution in [0.2, 0.25) is 0 Å². The normalized spacial score (nSPS) is 12.7. The van der Waals surface area contributed by atoms with E-state index in [1.165, 1.54) is 11.6 Å². The predicted molar refractivity (Wildman–Crippen MR) is 88.6 cm³/mol. The lowest BCUT2D eigenvalue weighted by atomic mass is 9.79. The zero-order valence-electron chi connectivity index (χ0n) is 14.2. The van der Waals surface area contributed by atoms with Gasteiger partial charge >= 0.3 is 0 Å². The molecule has 0 aromatic heterocycles. The van der Waals surface area contributed by atoms with Gasteiger partial charge in [0.1, 0.15) is 5.75 Å². The summed E-state index contributed by atoms with van der Waals surface area (Å²) in [6.45, 7) is 13.0. The van der Waals surface area contributed by atoms with E-state index in [0.29, 0.717) is 0 Å². The Morgan fingerprint density at radius 3 is 2.05 bits per heavy atom. The first-order valence-electron chi connectivity index (χ1n) is 7.17. The summed E-state index contributed by atoms with van der Waals surface area (Å²) in [7, 11) is 1.66. The van der Waals surface area contributed by atoms with Gasteiger partial charge < -0.3 is 10.5 Å². The maximum atomic E-state index is 11.0. The number of primary amides is 1. The number of amides is 1. The second-order valence-corrected chi connectivity index (χ2v) is 7.38. The van der Waals surface area contributed by atoms with E-state index in [-0.39, 0.29) is 10.8 Å². The second kappa shape index (κ2) is 5.92. The first kappa shape index (κ1) is 17.3. The lowest BCUT2D eigenvalue weighted by Gasteiger charge is -2.28. The third-order valence-corrected chi connectivity index (χ3v) is 3.42. The third kappa shape index (κ3) is 4.35. The molecule has 0 bridgehead atoms. The molecule has 0 unspecified atom stereocenters. The minimum atomic E-state index is -0.462. The van der Waals surface area contributed by atoms with Gasteiger partial charge in [0.25, 0.3) is 0 Å². The van der Waals surface area contributed by atoms with Crippen LogP contribution < -0.4 is 10.5 Å². The first-order valence-corrected chi connectivity index (χ1v) is 7.17. The van der Waals surface area contributed by atoms with Crippen molar-refractivity contribution in [2.45, 2.75) is 52.4 Å². The van der Waals surface area contributed by atoms with Gasteiger partial charge in [0.05, 0.1) is 7.11 Å². The zero-order chi connectivity index (χ0) is 16.4. The molecule has 0 spiro atoms. The number of carbonyl (C=O) groups excluding carboxylic acids is 1. The van der Waals surface area contributed by atoms with Gasteiger partial charge in [-0.05, 0) is 28.5 Å². The molecule has 0 saturated heterocycles. The summed E-state index contributed by atoms with van der Waals surface area (Å²) in [5, 5.41) is 0. The molecule has 0 atom stereocenters. The van der Waals surface area contributed by atoms with Gasteiger partial charge in [-0.15, -0.1) is 0 Å². The molecule has 3 heteroatoms. The fraction of sp³-hybridized carbons (Fsp3) is 0.500. The summed E-state index contributed by atoms with van der Waals surface area (Å²) >= 11 is 0. The van der Waals surface area contributed by atoms with Crippen molar-refractivity contribution in [3.8, 4) is 5.75 Å². The average Bonchev–Trinajstić information content (AvgIpc) is 2.32. The van der Waals surface area contributed by atoms with Gasteiger partial charge in [-0.2, -0.15) is 0 Å². The quantitative estimate of drug-likeness (QED) is 0.861. The molecule has 1 amide bonds. The molecule has 0 radical (unpaired) electrons. The highest BCUT2D eigenvalue weighted by atomic mass is 16.5. The molecule has 116 valence electrons. The maximum Gasteiger partial charge on any atom is 0.241 e. The van der Waals surface area contributed by atoms with Gasteiger partial charge in [0.2, 0.25) is 5.91 Å². The zero-order valence-corrected chi connectivity index (χ0v) is 14.2. The maximum absolute atomic E-state index is 11.0. The topological polar surface area (TPSA) is 52.3 Å². The Morgan fingerprint density at radius 1 is 1.10 bits per heavy atom. The SMILES string of the molecule is COc1c(/C=C\C(N)=O)cc(C(C)(C)C)cc1C(C)(C)C. The number of nitrogens with two attached hydrogens (primary N) is 1. The third-order valence-electron chi connectivity index (χ3n) is 3.42. The van der Waals surface area contributed by atoms with Crippen LogP contribution in [0.4, 0.5) is 0 Å². The Balaban J connectivity index is 3.64. The molecule has 1 aromatic carbocycles. The lowest BCUT2D eigenvalue weighted by molar-refractivity contribution is -0.113. The number of hydrogen-bond acceptors (Lipinski definition) is 2. The molecule has 0 fully saturated rings. The molecule has 0 aliphatic rings. The van der Waals surface area contributed by atoms with Crippen molar-refractivity contribution in [1.82, 2.24) is 0 Å². The molecular formula is C18H27NO2. The van der Waals surface area contributed by atoms with Crippen molar-refractivity contribution >= 4 is 12.0 Å². The van der Waals surface area contributed by atoms with Crippen LogP contribution in [0.3, 0.4) is 0 Å². The van der Waals surface area contributed by atoms with Crippen LogP contribution in [0, 0.1) is 0 Å². The molecule has 0 aliphatic heterocycles. The van der Waals surface area contributed by atoms with Gasteiger partial charge in [-0.25, -0.2) is 0 Å². The van der Waals surface area contributed by atoms with Crippen LogP contribution in [0.15, 0.2) is 18.2 Å². The van der Waals surface area contributed by atoms with Crippen molar-refractivity contribution < 1.29 is 9.53 Å². The molecule has 1 rings (SSSR count). The Hall–Kier alpha value is -1.77. The van der Waals surface area contributed by atoms with E-state index < -0.39 is 5.91 Å². The Morgan fingerprint density at radius 2 is 1.67 bits per heavy atom. The van der Waals surface area contributed by atoms with E-state index in [1.54, 1.807) is 13.2 Å². The fourth-order valence-electron chi connectivity index (χ4n) is 2.16. The Labute approximate surface area is 128 Å². The van der Waals surface area contributed by atoms with E-state index in [4.69, 9.17) is 10.5 Å². The van der Waals surface area contributed by atoms with Crippen LogP contribution in [0.5, 0.6) is 5.75 Å². The molecule has 0 heterocycles. The molecule has 1 aromatic rings. The van der Waals surface area contributed by atoms with Gasteiger partial charge in [0, 0.05) is 17.2 Å². The molecule has 2 N–H and O–H groups in total. The highest BCUT2D eigenvalue weighted by Gasteiger charge is 2.25. The van der Waals surface area contributed by atoms with Crippen molar-refractivity contribution in [2.75, 3.05) is 7.11 Å². The van der Waals surface area contributed by atoms with Crippen molar-refractivity contribution in [1.29, 1.82) is 0 Å². The largest absolute Gasteiger partial charge is 0.496 e. The van der Waals surface area contributed by atoms with E-state index in [9.17, 15) is 4.79 Å². The van der Waals surface area contributed by atoms with Gasteiger partial charge in [-0.1, -0.05) is 47.6 Å². The standard InChI is InChI=1S/C18H27NO2/c1-17(2,3)13-10-12(8-9-15(19)20)16(21-7)14(11-13)18(4,5)6/h8-11H,1-7H3,(H2,19,20)/b9-8-. The van der Waals surface area contributed by atoms with Crippen LogP contribution in [-0.2, 0) is 15.6 Å². The highest BCUT2D eigenvalue weighted by molar-refractivity contribution is 5.90. The van der Waals surface area contributed by atoms with Crippen LogP contribution in [-0.4, -0.2) is 13.0 Å². The monoisotopic (exact) mass is 289 g/mol. The smallest absolute Gasteiger partial charge is 0.241 e. The van der Waals surface area contributed by atoms with E-state index >= 15 is 0 Å². The second-order valence-electron chi connectivity index (χ2n) is 7.38. The Bertz CT molecular complexity index is 558. The number of rotatable bonds is 3. The summed E-state index contributed by atoms with van der Waals surface area (Å²) in [6, 6.07) is 4.26. The summed E-state index contributed by atoms with van der Waals surface area (Å²) in [5.41, 5.74) is 8.39. The first-order chi connectivity index (χ1) is 9.46. The van der Waals surface area contributed by atoms with E-state index in [0.717, 1.165) is 16.9 Å². The number of benzene rings is 1. The summed E-state index contributed by atoms with van der Waals surface area (Å²) in [4.78, 5) is 11.0. The van der Waals surface area contributed by atoms with Crippen LogP contribution in [0.25, 0.3) is 6.08 Å². The number of methoxy groups -OCH3 is 1. The molecule has 0 aliphatic carbocycles. The molecule has 3 nitrogen and oxygen atoms in total. The number of hydrogen-bond donors (Lipinski definition) is 1. The van der Waals surface area contributed by atoms with Gasteiger partial charge in [-0.3, -0.25) is 4.79 Å². The van der Waals surface area contributed by atoms with Crippen molar-refractivity contribution in [2.24, 2.45) is 5.73 Å². The molecule has 0 saturated carbocycles. The van der Waals surface area contributed by atoms with Crippen molar-refractivity contribution in [3.63, 3.8) is 0 Å². The van der Waals surface area contributed by atoms with E-state index in [1.807, 2.05) is 0 Å². The minimum absolute atomic E-state index is 0.0155. The number of ether oxygens (including phenoxy) is 1. The predicted octanol–water partition coefficient (Wildman–Crippen LogP) is 3.79. The lowest BCUT2D eigenvalue weighted by Crippen LogP contribution is -2.18. The summed E-state index contributed by atoms with van der Waals surface area (Å²) in [6.07, 6.45) is 3.10. The van der Waals surface area contributed by atoms with Crippen LogP contribution in [0.1, 0.15) is 58.2 Å². The molecular weight excluding hydrogens is 262 g/mol. The summed E-state index contributed by atoms with van der Waals surface area (Å²) in [5.74, 6) is 0.337. The Kier molecular flexibility index (Phi) is 4.87. The number of carbonyl (C=O) groups is 1. The van der Waals surface area contributed by atoms with Gasteiger partial charge in [0.15, 0.2) is 0 Å². The minimum Gasteiger partial charge on any atom is -0.496 e.